The van der Waals surface area contributed by atoms with E-state index in [1.54, 1.807) is 12.3 Å². The molecule has 5 nitrogen and oxygen atoms in total. The predicted octanol–water partition coefficient (Wildman–Crippen LogP) is 2.10. The summed E-state index contributed by atoms with van der Waals surface area (Å²) >= 11 is 0. The highest BCUT2D eigenvalue weighted by Crippen LogP contribution is 2.21. The zero-order chi connectivity index (χ0) is 13.0. The Morgan fingerprint density at radius 2 is 2.22 bits per heavy atom. The maximum Gasteiger partial charge on any atom is 0.149 e. The Balaban J connectivity index is 2.18. The van der Waals surface area contributed by atoms with Crippen LogP contribution in [0.25, 0.3) is 0 Å². The number of nitrogens with one attached hydrogen (secondary N) is 1. The van der Waals surface area contributed by atoms with Crippen LogP contribution in [0, 0.1) is 11.3 Å². The van der Waals surface area contributed by atoms with Crippen molar-refractivity contribution in [2.24, 2.45) is 0 Å². The van der Waals surface area contributed by atoms with E-state index in [0.29, 0.717) is 17.1 Å². The largest absolute Gasteiger partial charge is 0.396 e. The molecule has 1 atom stereocenters. The zero-order valence-electron chi connectivity index (χ0n) is 9.96. The molecule has 3 N–H and O–H groups in total. The maximum atomic E-state index is 8.74. The van der Waals surface area contributed by atoms with Crippen LogP contribution in [-0.2, 0) is 0 Å². The second-order valence-electron chi connectivity index (χ2n) is 3.89. The fraction of sp³-hybridized carbons (Fsp3) is 0.154. The maximum absolute atomic E-state index is 8.74. The van der Waals surface area contributed by atoms with Crippen molar-refractivity contribution < 1.29 is 0 Å². The van der Waals surface area contributed by atoms with E-state index in [0.717, 1.165) is 5.69 Å². The Hall–Kier alpha value is -2.61. The first kappa shape index (κ1) is 11.9. The van der Waals surface area contributed by atoms with Gasteiger partial charge in [-0.2, -0.15) is 5.26 Å². The lowest BCUT2D eigenvalue weighted by Gasteiger charge is -2.15. The van der Waals surface area contributed by atoms with Crippen LogP contribution in [0.5, 0.6) is 0 Å². The normalized spacial score (nSPS) is 11.6. The molecule has 0 saturated heterocycles. The fourth-order valence-corrected chi connectivity index (χ4v) is 1.57. The molecule has 5 heteroatoms. The summed E-state index contributed by atoms with van der Waals surface area (Å²) in [6.07, 6.45) is 3.23. The highest BCUT2D eigenvalue weighted by atomic mass is 15.0. The monoisotopic (exact) mass is 239 g/mol. The van der Waals surface area contributed by atoms with Gasteiger partial charge < -0.3 is 11.1 Å². The van der Waals surface area contributed by atoms with Gasteiger partial charge in [0.1, 0.15) is 11.9 Å². The molecule has 2 aromatic rings. The van der Waals surface area contributed by atoms with Crippen molar-refractivity contribution >= 4 is 11.5 Å². The molecule has 0 aliphatic heterocycles. The van der Waals surface area contributed by atoms with Crippen LogP contribution in [0.4, 0.5) is 11.5 Å². The van der Waals surface area contributed by atoms with Crippen LogP contribution < -0.4 is 11.1 Å². The van der Waals surface area contributed by atoms with Gasteiger partial charge >= 0.3 is 0 Å². The fourth-order valence-electron chi connectivity index (χ4n) is 1.57. The molecule has 2 rings (SSSR count). The molecule has 0 bridgehead atoms. The third-order valence-electron chi connectivity index (χ3n) is 2.53. The second kappa shape index (κ2) is 5.15. The van der Waals surface area contributed by atoms with Gasteiger partial charge in [0.15, 0.2) is 0 Å². The van der Waals surface area contributed by atoms with Gasteiger partial charge in [-0.05, 0) is 25.1 Å². The van der Waals surface area contributed by atoms with Crippen molar-refractivity contribution in [3.05, 3.63) is 47.9 Å². The Morgan fingerprint density at radius 1 is 1.39 bits per heavy atom. The number of pyridine rings is 2. The van der Waals surface area contributed by atoms with Crippen LogP contribution in [0.3, 0.4) is 0 Å². The Kier molecular flexibility index (Phi) is 3.39. The highest BCUT2D eigenvalue weighted by Gasteiger charge is 2.09. The predicted molar refractivity (Wildman–Crippen MR) is 69.6 cm³/mol. The average Bonchev–Trinajstić information content (AvgIpc) is 2.42. The SMILES string of the molecule is CC(Nc1ncc(C#N)cc1N)c1ccccn1. The van der Waals surface area contributed by atoms with Crippen molar-refractivity contribution in [2.75, 3.05) is 11.1 Å². The molecular weight excluding hydrogens is 226 g/mol. The van der Waals surface area contributed by atoms with Gasteiger partial charge in [-0.25, -0.2) is 4.98 Å². The summed E-state index contributed by atoms with van der Waals surface area (Å²) in [6, 6.07) is 9.31. The number of nitrogens with two attached hydrogens (primary N) is 1. The molecule has 0 amide bonds. The highest BCUT2D eigenvalue weighted by molar-refractivity contribution is 5.63. The van der Waals surface area contributed by atoms with Crippen molar-refractivity contribution in [3.63, 3.8) is 0 Å². The first-order valence-corrected chi connectivity index (χ1v) is 5.54. The van der Waals surface area contributed by atoms with E-state index in [9.17, 15) is 0 Å². The number of nitrogen functional groups attached to an aromatic ring is 1. The van der Waals surface area contributed by atoms with E-state index in [1.807, 2.05) is 31.2 Å². The van der Waals surface area contributed by atoms with Crippen LogP contribution in [-0.4, -0.2) is 9.97 Å². The minimum atomic E-state index is -0.00562. The molecule has 0 saturated carbocycles. The minimum absolute atomic E-state index is 0.00562. The number of rotatable bonds is 3. The Morgan fingerprint density at radius 3 is 2.83 bits per heavy atom. The van der Waals surface area contributed by atoms with E-state index in [4.69, 9.17) is 11.0 Å². The number of anilines is 2. The van der Waals surface area contributed by atoms with Crippen molar-refractivity contribution in [1.29, 1.82) is 5.26 Å². The van der Waals surface area contributed by atoms with Crippen LogP contribution in [0.1, 0.15) is 24.2 Å². The summed E-state index contributed by atoms with van der Waals surface area (Å²) in [5.74, 6) is 0.562. The van der Waals surface area contributed by atoms with E-state index < -0.39 is 0 Å². The van der Waals surface area contributed by atoms with Crippen LogP contribution in [0.15, 0.2) is 36.7 Å². The molecule has 90 valence electrons. The average molecular weight is 239 g/mol. The van der Waals surface area contributed by atoms with Gasteiger partial charge in [0, 0.05) is 12.4 Å². The Bertz CT molecular complexity index is 574. The van der Waals surface area contributed by atoms with Crippen LogP contribution in [0.2, 0.25) is 0 Å². The molecular formula is C13H13N5. The molecule has 0 radical (unpaired) electrons. The standard InChI is InChI=1S/C13H13N5/c1-9(12-4-2-3-5-16-12)18-13-11(15)6-10(7-14)8-17-13/h2-6,8-9H,15H2,1H3,(H,17,18). The number of hydrogen-bond donors (Lipinski definition) is 2. The quantitative estimate of drug-likeness (QED) is 0.856. The van der Waals surface area contributed by atoms with Crippen molar-refractivity contribution in [3.8, 4) is 6.07 Å². The van der Waals surface area contributed by atoms with Gasteiger partial charge in [-0.3, -0.25) is 4.98 Å². The summed E-state index contributed by atoms with van der Waals surface area (Å²) in [5.41, 5.74) is 7.64. The lowest BCUT2D eigenvalue weighted by molar-refractivity contribution is 0.832. The van der Waals surface area contributed by atoms with E-state index in [1.165, 1.54) is 6.20 Å². The van der Waals surface area contributed by atoms with Gasteiger partial charge in [0.25, 0.3) is 0 Å². The van der Waals surface area contributed by atoms with Gasteiger partial charge in [-0.1, -0.05) is 6.07 Å². The Labute approximate surface area is 105 Å². The summed E-state index contributed by atoms with van der Waals surface area (Å²) in [4.78, 5) is 8.38. The molecule has 0 spiro atoms. The number of nitrogens with zero attached hydrogens (tertiary/aromatic N) is 3. The topological polar surface area (TPSA) is 87.6 Å². The number of nitriles is 1. The molecule has 2 aromatic heterocycles. The van der Waals surface area contributed by atoms with E-state index >= 15 is 0 Å². The second-order valence-corrected chi connectivity index (χ2v) is 3.89. The van der Waals surface area contributed by atoms with Crippen LogP contribution >= 0.6 is 0 Å². The summed E-state index contributed by atoms with van der Waals surface area (Å²) in [6.45, 7) is 1.97. The van der Waals surface area contributed by atoms with Gasteiger partial charge in [0.05, 0.1) is 23.0 Å². The molecule has 0 fully saturated rings. The first-order chi connectivity index (χ1) is 8.70. The third-order valence-corrected chi connectivity index (χ3v) is 2.53. The molecule has 0 aliphatic carbocycles. The summed E-state index contributed by atoms with van der Waals surface area (Å²) in [7, 11) is 0. The minimum Gasteiger partial charge on any atom is -0.396 e. The smallest absolute Gasteiger partial charge is 0.149 e. The molecule has 0 aromatic carbocycles. The van der Waals surface area contributed by atoms with Crippen molar-refractivity contribution in [2.45, 2.75) is 13.0 Å². The summed E-state index contributed by atoms with van der Waals surface area (Å²) < 4.78 is 0. The lowest BCUT2D eigenvalue weighted by Crippen LogP contribution is -2.11. The van der Waals surface area contributed by atoms with E-state index in [2.05, 4.69) is 15.3 Å². The van der Waals surface area contributed by atoms with E-state index in [-0.39, 0.29) is 6.04 Å². The number of hydrogen-bond acceptors (Lipinski definition) is 5. The molecule has 2 heterocycles. The first-order valence-electron chi connectivity index (χ1n) is 5.54. The molecule has 0 aliphatic rings. The lowest BCUT2D eigenvalue weighted by atomic mass is 10.2. The van der Waals surface area contributed by atoms with Crippen molar-refractivity contribution in [1.82, 2.24) is 9.97 Å². The molecule has 1 unspecified atom stereocenters. The summed E-state index contributed by atoms with van der Waals surface area (Å²) in [5, 5.41) is 11.9. The van der Waals surface area contributed by atoms with Gasteiger partial charge in [0.2, 0.25) is 0 Å². The molecule has 18 heavy (non-hydrogen) atoms. The van der Waals surface area contributed by atoms with Gasteiger partial charge in [-0.15, -0.1) is 0 Å². The number of aromatic nitrogens is 2. The third kappa shape index (κ3) is 2.55. The zero-order valence-corrected chi connectivity index (χ0v) is 9.96.